The summed E-state index contributed by atoms with van der Waals surface area (Å²) in [5.41, 5.74) is 8.35. The molecule has 0 unspecified atom stereocenters. The molecule has 7 heteroatoms. The summed E-state index contributed by atoms with van der Waals surface area (Å²) >= 11 is 0. The lowest BCUT2D eigenvalue weighted by atomic mass is 10.1. The van der Waals surface area contributed by atoms with Gasteiger partial charge in [0.1, 0.15) is 0 Å². The second-order valence-electron chi connectivity index (χ2n) is 5.75. The first-order chi connectivity index (χ1) is 13.1. The number of benzene rings is 2. The van der Waals surface area contributed by atoms with E-state index in [0.717, 1.165) is 16.8 Å². The lowest BCUT2D eigenvalue weighted by molar-refractivity contribution is 0.100. The zero-order valence-electron chi connectivity index (χ0n) is 15.1. The average molecular weight is 364 g/mol. The summed E-state index contributed by atoms with van der Waals surface area (Å²) in [7, 11) is 3.20. The standard InChI is InChI=1S/C20H20N4O3/c1-26-17-8-3-13(11-18(17)27-2)12-23-20-22-10-9-16(24-20)14-4-6-15(7-5-14)19(21)25/h3-11H,12H2,1-2H3,(H2,21,25)(H,22,23,24). The van der Waals surface area contributed by atoms with E-state index in [9.17, 15) is 4.79 Å². The second-order valence-corrected chi connectivity index (χ2v) is 5.75. The number of carbonyl (C=O) groups is 1. The monoisotopic (exact) mass is 364 g/mol. The molecule has 0 radical (unpaired) electrons. The van der Waals surface area contributed by atoms with Crippen LogP contribution >= 0.6 is 0 Å². The highest BCUT2D eigenvalue weighted by Crippen LogP contribution is 2.27. The molecule has 7 nitrogen and oxygen atoms in total. The van der Waals surface area contributed by atoms with Gasteiger partial charge in [0, 0.05) is 23.9 Å². The van der Waals surface area contributed by atoms with Crippen molar-refractivity contribution in [1.82, 2.24) is 9.97 Å². The Labute approximate surface area is 157 Å². The number of anilines is 1. The maximum atomic E-state index is 11.2. The number of methoxy groups -OCH3 is 2. The van der Waals surface area contributed by atoms with E-state index in [2.05, 4.69) is 15.3 Å². The molecule has 0 aliphatic carbocycles. The van der Waals surface area contributed by atoms with Gasteiger partial charge in [-0.3, -0.25) is 4.79 Å². The highest BCUT2D eigenvalue weighted by Gasteiger charge is 2.07. The first kappa shape index (κ1) is 18.2. The van der Waals surface area contributed by atoms with Crippen molar-refractivity contribution in [2.45, 2.75) is 6.54 Å². The van der Waals surface area contributed by atoms with E-state index in [-0.39, 0.29) is 0 Å². The van der Waals surface area contributed by atoms with Gasteiger partial charge in [-0.2, -0.15) is 0 Å². The fourth-order valence-corrected chi connectivity index (χ4v) is 2.58. The van der Waals surface area contributed by atoms with Crippen LogP contribution in [0.1, 0.15) is 15.9 Å². The fourth-order valence-electron chi connectivity index (χ4n) is 2.58. The molecule has 3 rings (SSSR count). The van der Waals surface area contributed by atoms with E-state index in [1.54, 1.807) is 50.7 Å². The molecule has 3 N–H and O–H groups in total. The summed E-state index contributed by atoms with van der Waals surface area (Å²) in [5.74, 6) is 1.39. The topological polar surface area (TPSA) is 99.4 Å². The van der Waals surface area contributed by atoms with E-state index >= 15 is 0 Å². The largest absolute Gasteiger partial charge is 0.493 e. The van der Waals surface area contributed by atoms with Gasteiger partial charge in [0.2, 0.25) is 11.9 Å². The zero-order chi connectivity index (χ0) is 19.2. The van der Waals surface area contributed by atoms with Crippen molar-refractivity contribution in [3.8, 4) is 22.8 Å². The van der Waals surface area contributed by atoms with E-state index < -0.39 is 5.91 Å². The molecule has 138 valence electrons. The predicted molar refractivity (Wildman–Crippen MR) is 103 cm³/mol. The number of nitrogens with zero attached hydrogens (tertiary/aromatic N) is 2. The highest BCUT2D eigenvalue weighted by molar-refractivity contribution is 5.93. The SMILES string of the molecule is COc1ccc(CNc2nccc(-c3ccc(C(N)=O)cc3)n2)cc1OC. The minimum absolute atomic E-state index is 0.457. The van der Waals surface area contributed by atoms with Crippen LogP contribution in [0.15, 0.2) is 54.7 Å². The van der Waals surface area contributed by atoms with Gasteiger partial charge in [-0.05, 0) is 35.9 Å². The van der Waals surface area contributed by atoms with Crippen LogP contribution in [0.5, 0.6) is 11.5 Å². The molecule has 0 aliphatic rings. The molecular weight excluding hydrogens is 344 g/mol. The number of amides is 1. The third kappa shape index (κ3) is 4.33. The van der Waals surface area contributed by atoms with E-state index in [1.165, 1.54) is 0 Å². The number of aromatic nitrogens is 2. The Balaban J connectivity index is 1.73. The minimum atomic E-state index is -0.457. The Hall–Kier alpha value is -3.61. The maximum Gasteiger partial charge on any atom is 0.248 e. The minimum Gasteiger partial charge on any atom is -0.493 e. The lowest BCUT2D eigenvalue weighted by Crippen LogP contribution is -2.10. The van der Waals surface area contributed by atoms with Gasteiger partial charge in [0.15, 0.2) is 11.5 Å². The molecule has 1 aromatic heterocycles. The van der Waals surface area contributed by atoms with Gasteiger partial charge in [-0.25, -0.2) is 9.97 Å². The third-order valence-electron chi connectivity index (χ3n) is 4.02. The number of hydrogen-bond donors (Lipinski definition) is 2. The molecular formula is C20H20N4O3. The Morgan fingerprint density at radius 3 is 2.44 bits per heavy atom. The Morgan fingerprint density at radius 1 is 1.04 bits per heavy atom. The van der Waals surface area contributed by atoms with Crippen LogP contribution in [0.4, 0.5) is 5.95 Å². The highest BCUT2D eigenvalue weighted by atomic mass is 16.5. The van der Waals surface area contributed by atoms with E-state index in [1.807, 2.05) is 18.2 Å². The number of nitrogens with two attached hydrogens (primary N) is 1. The Bertz CT molecular complexity index is 942. The number of rotatable bonds is 7. The van der Waals surface area contributed by atoms with Crippen molar-refractivity contribution in [2.75, 3.05) is 19.5 Å². The average Bonchev–Trinajstić information content (AvgIpc) is 2.72. The summed E-state index contributed by atoms with van der Waals surface area (Å²) < 4.78 is 10.6. The molecule has 0 aliphatic heterocycles. The molecule has 0 saturated carbocycles. The predicted octanol–water partition coefficient (Wildman–Crippen LogP) is 2.87. The fraction of sp³-hybridized carbons (Fsp3) is 0.150. The summed E-state index contributed by atoms with van der Waals surface area (Å²) in [6.45, 7) is 0.532. The van der Waals surface area contributed by atoms with Gasteiger partial charge in [0.25, 0.3) is 0 Å². The zero-order valence-corrected chi connectivity index (χ0v) is 15.1. The number of nitrogens with one attached hydrogen (secondary N) is 1. The first-order valence-electron chi connectivity index (χ1n) is 8.29. The van der Waals surface area contributed by atoms with Crippen LogP contribution in [-0.4, -0.2) is 30.1 Å². The van der Waals surface area contributed by atoms with Gasteiger partial charge in [0.05, 0.1) is 19.9 Å². The molecule has 0 fully saturated rings. The summed E-state index contributed by atoms with van der Waals surface area (Å²) in [6, 6.07) is 14.5. The van der Waals surface area contributed by atoms with Crippen LogP contribution in [0.2, 0.25) is 0 Å². The van der Waals surface area contributed by atoms with Gasteiger partial charge < -0.3 is 20.5 Å². The van der Waals surface area contributed by atoms with Gasteiger partial charge in [-0.1, -0.05) is 18.2 Å². The number of ether oxygens (including phenoxy) is 2. The third-order valence-corrected chi connectivity index (χ3v) is 4.02. The lowest BCUT2D eigenvalue weighted by Gasteiger charge is -2.11. The summed E-state index contributed by atoms with van der Waals surface area (Å²) in [5, 5.41) is 3.20. The van der Waals surface area contributed by atoms with Crippen molar-refractivity contribution in [2.24, 2.45) is 5.73 Å². The van der Waals surface area contributed by atoms with Gasteiger partial charge >= 0.3 is 0 Å². The van der Waals surface area contributed by atoms with Crippen LogP contribution in [0.3, 0.4) is 0 Å². The van der Waals surface area contributed by atoms with Gasteiger partial charge in [-0.15, -0.1) is 0 Å². The maximum absolute atomic E-state index is 11.2. The molecule has 27 heavy (non-hydrogen) atoms. The van der Waals surface area contributed by atoms with Crippen LogP contribution in [0.25, 0.3) is 11.3 Å². The molecule has 2 aromatic carbocycles. The number of carbonyl (C=O) groups excluding carboxylic acids is 1. The van der Waals surface area contributed by atoms with Crippen molar-refractivity contribution < 1.29 is 14.3 Å². The molecule has 1 amide bonds. The Morgan fingerprint density at radius 2 is 1.78 bits per heavy atom. The van der Waals surface area contributed by atoms with E-state index in [0.29, 0.717) is 29.6 Å². The summed E-state index contributed by atoms with van der Waals surface area (Å²) in [6.07, 6.45) is 1.68. The molecule has 0 saturated heterocycles. The summed E-state index contributed by atoms with van der Waals surface area (Å²) in [4.78, 5) is 19.9. The molecule has 0 bridgehead atoms. The number of hydrogen-bond acceptors (Lipinski definition) is 6. The van der Waals surface area contributed by atoms with Crippen molar-refractivity contribution in [3.05, 3.63) is 65.9 Å². The Kier molecular flexibility index (Phi) is 5.51. The van der Waals surface area contributed by atoms with E-state index in [4.69, 9.17) is 15.2 Å². The second kappa shape index (κ2) is 8.18. The quantitative estimate of drug-likeness (QED) is 0.669. The van der Waals surface area contributed by atoms with Crippen LogP contribution < -0.4 is 20.5 Å². The van der Waals surface area contributed by atoms with Crippen molar-refractivity contribution >= 4 is 11.9 Å². The molecule has 0 atom stereocenters. The molecule has 0 spiro atoms. The van der Waals surface area contributed by atoms with Crippen LogP contribution in [-0.2, 0) is 6.54 Å². The first-order valence-corrected chi connectivity index (χ1v) is 8.29. The normalized spacial score (nSPS) is 10.3. The smallest absolute Gasteiger partial charge is 0.248 e. The molecule has 3 aromatic rings. The van der Waals surface area contributed by atoms with Crippen molar-refractivity contribution in [1.29, 1.82) is 0 Å². The number of primary amides is 1. The molecule has 1 heterocycles. The van der Waals surface area contributed by atoms with Crippen LogP contribution in [0, 0.1) is 0 Å². The van der Waals surface area contributed by atoms with Crippen molar-refractivity contribution in [3.63, 3.8) is 0 Å².